The molecule has 2 heterocycles. The minimum absolute atomic E-state index is 0.120. The molecule has 0 fully saturated rings. The largest absolute Gasteiger partial charge is 0.310 e. The zero-order valence-corrected chi connectivity index (χ0v) is 10.6. The number of rotatable bonds is 4. The van der Waals surface area contributed by atoms with E-state index in [9.17, 15) is 4.79 Å². The Balaban J connectivity index is 2.34. The van der Waals surface area contributed by atoms with E-state index in [1.165, 1.54) is 6.07 Å². The molecule has 0 spiro atoms. The van der Waals surface area contributed by atoms with E-state index >= 15 is 0 Å². The zero-order valence-electron chi connectivity index (χ0n) is 9.80. The monoisotopic (exact) mass is 250 g/mol. The minimum Gasteiger partial charge on any atom is -0.310 e. The fourth-order valence-electron chi connectivity index (χ4n) is 1.48. The van der Waals surface area contributed by atoms with Crippen LogP contribution in [0.2, 0.25) is 0 Å². The van der Waals surface area contributed by atoms with Crippen LogP contribution < -0.4 is 5.56 Å². The van der Waals surface area contributed by atoms with Gasteiger partial charge in [0.25, 0.3) is 5.56 Å². The van der Waals surface area contributed by atoms with Gasteiger partial charge in [0.05, 0.1) is 17.6 Å². The highest BCUT2D eigenvalue weighted by atomic mass is 32.2. The van der Waals surface area contributed by atoms with Gasteiger partial charge in [0.2, 0.25) is 0 Å². The van der Waals surface area contributed by atoms with Crippen LogP contribution in [0.4, 0.5) is 0 Å². The zero-order chi connectivity index (χ0) is 12.3. The second-order valence-electron chi connectivity index (χ2n) is 3.62. The Labute approximate surface area is 103 Å². The van der Waals surface area contributed by atoms with Crippen molar-refractivity contribution in [3.05, 3.63) is 34.6 Å². The molecule has 0 saturated heterocycles. The van der Waals surface area contributed by atoms with Crippen LogP contribution in [0.1, 0.15) is 12.7 Å². The summed E-state index contributed by atoms with van der Waals surface area (Å²) in [6, 6.07) is 1.50. The van der Waals surface area contributed by atoms with E-state index < -0.39 is 0 Å². The maximum atomic E-state index is 11.5. The number of aryl methyl sites for hydroxylation is 1. The van der Waals surface area contributed by atoms with Gasteiger partial charge < -0.3 is 4.98 Å². The highest BCUT2D eigenvalue weighted by molar-refractivity contribution is 7.98. The van der Waals surface area contributed by atoms with E-state index in [1.54, 1.807) is 22.6 Å². The minimum atomic E-state index is -0.120. The van der Waals surface area contributed by atoms with E-state index in [0.29, 0.717) is 11.5 Å². The number of nitrogens with one attached hydrogen (secondary N) is 1. The summed E-state index contributed by atoms with van der Waals surface area (Å²) < 4.78 is 1.69. The first-order valence-corrected chi connectivity index (χ1v) is 6.51. The first-order valence-electron chi connectivity index (χ1n) is 5.36. The molecule has 90 valence electrons. The topological polar surface area (TPSA) is 63.6 Å². The standard InChI is InChI=1S/C11H14N4OS/c1-3-17-7-10-13-9(4-11(16)14-10)8-5-12-15(2)6-8/h4-6H,3,7H2,1-2H3,(H,13,14,16). The number of aromatic nitrogens is 4. The molecule has 0 saturated carbocycles. The molecular formula is C11H14N4OS. The van der Waals surface area contributed by atoms with Crippen LogP contribution in [0.5, 0.6) is 0 Å². The van der Waals surface area contributed by atoms with Gasteiger partial charge in [-0.15, -0.1) is 0 Å². The Morgan fingerprint density at radius 3 is 3.00 bits per heavy atom. The van der Waals surface area contributed by atoms with E-state index in [1.807, 2.05) is 13.2 Å². The van der Waals surface area contributed by atoms with Crippen LogP contribution in [0.25, 0.3) is 11.3 Å². The fraction of sp³-hybridized carbons (Fsp3) is 0.364. The number of thioether (sulfide) groups is 1. The van der Waals surface area contributed by atoms with Gasteiger partial charge in [0.15, 0.2) is 0 Å². The van der Waals surface area contributed by atoms with Crippen LogP contribution in [0, 0.1) is 0 Å². The Bertz CT molecular complexity index is 561. The van der Waals surface area contributed by atoms with Gasteiger partial charge >= 0.3 is 0 Å². The third-order valence-electron chi connectivity index (χ3n) is 2.23. The molecule has 0 radical (unpaired) electrons. The third kappa shape index (κ3) is 2.97. The third-order valence-corrected chi connectivity index (χ3v) is 3.12. The number of aromatic amines is 1. The maximum absolute atomic E-state index is 11.5. The Morgan fingerprint density at radius 1 is 1.53 bits per heavy atom. The average Bonchev–Trinajstić information content (AvgIpc) is 2.72. The lowest BCUT2D eigenvalue weighted by molar-refractivity contribution is 0.768. The second-order valence-corrected chi connectivity index (χ2v) is 4.89. The van der Waals surface area contributed by atoms with E-state index in [0.717, 1.165) is 17.1 Å². The van der Waals surface area contributed by atoms with Crippen molar-refractivity contribution in [2.75, 3.05) is 5.75 Å². The summed E-state index contributed by atoms with van der Waals surface area (Å²) in [5, 5.41) is 4.07. The predicted octanol–water partition coefficient (Wildman–Crippen LogP) is 1.42. The van der Waals surface area contributed by atoms with Crippen molar-refractivity contribution in [1.82, 2.24) is 19.7 Å². The van der Waals surface area contributed by atoms with Gasteiger partial charge in [-0.05, 0) is 5.75 Å². The van der Waals surface area contributed by atoms with Crippen LogP contribution in [0.15, 0.2) is 23.3 Å². The molecule has 0 aliphatic rings. The molecule has 0 aromatic carbocycles. The fourth-order valence-corrected chi connectivity index (χ4v) is 2.01. The van der Waals surface area contributed by atoms with Crippen LogP contribution in [-0.4, -0.2) is 25.5 Å². The molecule has 2 rings (SSSR count). The lowest BCUT2D eigenvalue weighted by Gasteiger charge is -2.01. The smallest absolute Gasteiger partial charge is 0.251 e. The Morgan fingerprint density at radius 2 is 2.35 bits per heavy atom. The molecular weight excluding hydrogens is 236 g/mol. The van der Waals surface area contributed by atoms with E-state index in [4.69, 9.17) is 0 Å². The van der Waals surface area contributed by atoms with E-state index in [2.05, 4.69) is 22.0 Å². The second kappa shape index (κ2) is 5.18. The molecule has 0 aliphatic carbocycles. The summed E-state index contributed by atoms with van der Waals surface area (Å²) in [5.41, 5.74) is 1.42. The molecule has 2 aromatic heterocycles. The molecule has 5 nitrogen and oxygen atoms in total. The predicted molar refractivity (Wildman–Crippen MR) is 68.9 cm³/mol. The summed E-state index contributed by atoms with van der Waals surface area (Å²) in [5.74, 6) is 2.43. The Kier molecular flexibility index (Phi) is 3.63. The first-order chi connectivity index (χ1) is 8.19. The highest BCUT2D eigenvalue weighted by Gasteiger charge is 2.05. The molecule has 17 heavy (non-hydrogen) atoms. The van der Waals surface area contributed by atoms with Gasteiger partial charge in [-0.1, -0.05) is 6.92 Å². The lowest BCUT2D eigenvalue weighted by atomic mass is 10.2. The molecule has 2 aromatic rings. The van der Waals surface area contributed by atoms with Crippen LogP contribution in [-0.2, 0) is 12.8 Å². The molecule has 0 aliphatic heterocycles. The number of H-pyrrole nitrogens is 1. The summed E-state index contributed by atoms with van der Waals surface area (Å²) in [6.45, 7) is 2.08. The summed E-state index contributed by atoms with van der Waals surface area (Å²) in [4.78, 5) is 18.7. The molecule has 6 heteroatoms. The van der Waals surface area contributed by atoms with Crippen molar-refractivity contribution in [2.24, 2.45) is 7.05 Å². The van der Waals surface area contributed by atoms with Gasteiger partial charge in [0, 0.05) is 24.9 Å². The normalized spacial score (nSPS) is 10.7. The number of hydrogen-bond acceptors (Lipinski definition) is 4. The average molecular weight is 250 g/mol. The number of nitrogens with zero attached hydrogens (tertiary/aromatic N) is 3. The van der Waals surface area contributed by atoms with Gasteiger partial charge in [0.1, 0.15) is 5.82 Å². The van der Waals surface area contributed by atoms with Gasteiger partial charge in [-0.3, -0.25) is 9.48 Å². The van der Waals surface area contributed by atoms with Crippen LogP contribution >= 0.6 is 11.8 Å². The lowest BCUT2D eigenvalue weighted by Crippen LogP contribution is -2.10. The van der Waals surface area contributed by atoms with Crippen molar-refractivity contribution < 1.29 is 0 Å². The molecule has 0 amide bonds. The summed E-state index contributed by atoms with van der Waals surface area (Å²) in [6.07, 6.45) is 3.55. The van der Waals surface area contributed by atoms with Crippen molar-refractivity contribution >= 4 is 11.8 Å². The molecule has 0 atom stereocenters. The van der Waals surface area contributed by atoms with Crippen molar-refractivity contribution in [3.8, 4) is 11.3 Å². The van der Waals surface area contributed by atoms with Crippen molar-refractivity contribution in [1.29, 1.82) is 0 Å². The van der Waals surface area contributed by atoms with Gasteiger partial charge in [-0.25, -0.2) is 4.98 Å². The Hall–Kier alpha value is -1.56. The highest BCUT2D eigenvalue weighted by Crippen LogP contribution is 2.15. The summed E-state index contributed by atoms with van der Waals surface area (Å²) >= 11 is 1.73. The summed E-state index contributed by atoms with van der Waals surface area (Å²) in [7, 11) is 1.84. The molecule has 0 bridgehead atoms. The number of hydrogen-bond donors (Lipinski definition) is 1. The maximum Gasteiger partial charge on any atom is 0.251 e. The molecule has 0 unspecified atom stereocenters. The van der Waals surface area contributed by atoms with Crippen molar-refractivity contribution in [2.45, 2.75) is 12.7 Å². The van der Waals surface area contributed by atoms with E-state index in [-0.39, 0.29) is 5.56 Å². The van der Waals surface area contributed by atoms with Crippen molar-refractivity contribution in [3.63, 3.8) is 0 Å². The molecule has 1 N–H and O–H groups in total. The van der Waals surface area contributed by atoms with Gasteiger partial charge in [-0.2, -0.15) is 16.9 Å². The first kappa shape index (κ1) is 11.9. The van der Waals surface area contributed by atoms with Crippen LogP contribution in [0.3, 0.4) is 0 Å². The SMILES string of the molecule is CCSCc1nc(-c2cnn(C)c2)cc(=O)[nH]1. The quantitative estimate of drug-likeness (QED) is 0.891.